The predicted molar refractivity (Wildman–Crippen MR) is 62.4 cm³/mol. The first-order valence-corrected chi connectivity index (χ1v) is 5.50. The average molecular weight is 279 g/mol. The van der Waals surface area contributed by atoms with E-state index in [2.05, 4.69) is 15.9 Å². The third kappa shape index (κ3) is 2.70. The lowest BCUT2D eigenvalue weighted by Crippen LogP contribution is -2.34. The van der Waals surface area contributed by atoms with Gasteiger partial charge in [0, 0.05) is 21.6 Å². The van der Waals surface area contributed by atoms with E-state index in [1.807, 2.05) is 19.1 Å². The summed E-state index contributed by atoms with van der Waals surface area (Å²) in [6, 6.07) is 5.54. The summed E-state index contributed by atoms with van der Waals surface area (Å²) in [7, 11) is 0. The van der Waals surface area contributed by atoms with Crippen LogP contribution >= 0.6 is 27.5 Å². The molecule has 4 heteroatoms. The van der Waals surface area contributed by atoms with Crippen molar-refractivity contribution in [3.63, 3.8) is 0 Å². The largest absolute Gasteiger partial charge is 0.396 e. The van der Waals surface area contributed by atoms with E-state index in [1.54, 1.807) is 6.07 Å². The smallest absolute Gasteiger partial charge is 0.0457 e. The molecule has 0 bridgehead atoms. The maximum atomic E-state index is 8.89. The van der Waals surface area contributed by atoms with Crippen molar-refractivity contribution in [1.29, 1.82) is 0 Å². The Morgan fingerprint density at radius 3 is 2.79 bits per heavy atom. The molecule has 1 unspecified atom stereocenters. The Kier molecular flexibility index (Phi) is 3.95. The van der Waals surface area contributed by atoms with Crippen molar-refractivity contribution in [3.05, 3.63) is 33.3 Å². The minimum Gasteiger partial charge on any atom is -0.396 e. The Balaban J connectivity index is 3.10. The van der Waals surface area contributed by atoms with Crippen LogP contribution in [0.2, 0.25) is 5.02 Å². The van der Waals surface area contributed by atoms with E-state index in [1.165, 1.54) is 0 Å². The molecule has 0 saturated carbocycles. The molecular formula is C10H13BrClNO. The van der Waals surface area contributed by atoms with Gasteiger partial charge in [0.15, 0.2) is 0 Å². The molecule has 1 aromatic rings. The lowest BCUT2D eigenvalue weighted by Gasteiger charge is -2.25. The lowest BCUT2D eigenvalue weighted by atomic mass is 9.90. The fourth-order valence-electron chi connectivity index (χ4n) is 1.30. The zero-order valence-corrected chi connectivity index (χ0v) is 10.3. The van der Waals surface area contributed by atoms with Crippen molar-refractivity contribution in [2.75, 3.05) is 6.61 Å². The predicted octanol–water partition coefficient (Wildman–Crippen LogP) is 2.66. The summed E-state index contributed by atoms with van der Waals surface area (Å²) in [5, 5.41) is 9.52. The van der Waals surface area contributed by atoms with Crippen LogP contribution < -0.4 is 5.73 Å². The first-order chi connectivity index (χ1) is 6.47. The van der Waals surface area contributed by atoms with Crippen LogP contribution in [0.3, 0.4) is 0 Å². The summed E-state index contributed by atoms with van der Waals surface area (Å²) in [5.41, 5.74) is 6.31. The Morgan fingerprint density at radius 1 is 1.57 bits per heavy atom. The molecule has 0 saturated heterocycles. The summed E-state index contributed by atoms with van der Waals surface area (Å²) in [4.78, 5) is 0. The van der Waals surface area contributed by atoms with Gasteiger partial charge in [-0.2, -0.15) is 0 Å². The minimum atomic E-state index is -0.588. The molecule has 0 aliphatic carbocycles. The van der Waals surface area contributed by atoms with E-state index in [9.17, 15) is 0 Å². The number of nitrogens with two attached hydrogens (primary N) is 1. The van der Waals surface area contributed by atoms with Gasteiger partial charge in [0.1, 0.15) is 0 Å². The maximum Gasteiger partial charge on any atom is 0.0457 e. The van der Waals surface area contributed by atoms with Gasteiger partial charge in [-0.3, -0.25) is 0 Å². The normalized spacial score (nSPS) is 15.2. The van der Waals surface area contributed by atoms with Gasteiger partial charge >= 0.3 is 0 Å². The van der Waals surface area contributed by atoms with Crippen LogP contribution in [0, 0.1) is 0 Å². The van der Waals surface area contributed by atoms with Crippen molar-refractivity contribution >= 4 is 27.5 Å². The van der Waals surface area contributed by atoms with Gasteiger partial charge in [0.25, 0.3) is 0 Å². The molecule has 0 aromatic heterocycles. The fraction of sp³-hybridized carbons (Fsp3) is 0.400. The van der Waals surface area contributed by atoms with Crippen molar-refractivity contribution in [2.45, 2.75) is 18.9 Å². The maximum absolute atomic E-state index is 8.89. The first-order valence-electron chi connectivity index (χ1n) is 4.32. The zero-order valence-electron chi connectivity index (χ0n) is 7.93. The number of hydrogen-bond acceptors (Lipinski definition) is 2. The van der Waals surface area contributed by atoms with Gasteiger partial charge in [-0.1, -0.05) is 27.5 Å². The van der Waals surface area contributed by atoms with Crippen molar-refractivity contribution in [3.8, 4) is 0 Å². The summed E-state index contributed by atoms with van der Waals surface area (Å²) >= 11 is 9.40. The molecule has 1 atom stereocenters. The Bertz CT molecular complexity index is 328. The molecule has 0 spiro atoms. The molecule has 0 heterocycles. The van der Waals surface area contributed by atoms with Crippen LogP contribution in [0.1, 0.15) is 18.9 Å². The molecule has 14 heavy (non-hydrogen) atoms. The van der Waals surface area contributed by atoms with Gasteiger partial charge in [0.2, 0.25) is 0 Å². The van der Waals surface area contributed by atoms with E-state index in [0.717, 1.165) is 10.0 Å². The Hall–Kier alpha value is -0.0900. The first kappa shape index (κ1) is 12.0. The number of halogens is 2. The van der Waals surface area contributed by atoms with Gasteiger partial charge < -0.3 is 10.8 Å². The second-order valence-electron chi connectivity index (χ2n) is 3.52. The van der Waals surface area contributed by atoms with Gasteiger partial charge in [0.05, 0.1) is 0 Å². The Morgan fingerprint density at radius 2 is 2.21 bits per heavy atom. The molecule has 78 valence electrons. The van der Waals surface area contributed by atoms with Crippen molar-refractivity contribution < 1.29 is 5.11 Å². The molecule has 3 N–H and O–H groups in total. The van der Waals surface area contributed by atoms with Crippen LogP contribution in [-0.2, 0) is 5.54 Å². The second kappa shape index (κ2) is 4.62. The molecule has 1 rings (SSSR count). The average Bonchev–Trinajstić information content (AvgIpc) is 2.09. The van der Waals surface area contributed by atoms with Crippen LogP contribution in [-0.4, -0.2) is 11.7 Å². The molecule has 0 radical (unpaired) electrons. The number of hydrogen-bond donors (Lipinski definition) is 2. The van der Waals surface area contributed by atoms with E-state index >= 15 is 0 Å². The monoisotopic (exact) mass is 277 g/mol. The molecule has 1 aromatic carbocycles. The second-order valence-corrected chi connectivity index (χ2v) is 4.84. The summed E-state index contributed by atoms with van der Waals surface area (Å²) in [6.45, 7) is 1.91. The molecule has 0 aliphatic heterocycles. The summed E-state index contributed by atoms with van der Waals surface area (Å²) < 4.78 is 0.937. The fourth-order valence-corrected chi connectivity index (χ4v) is 2.00. The Labute approximate surface area is 97.2 Å². The quantitative estimate of drug-likeness (QED) is 0.893. The highest BCUT2D eigenvalue weighted by atomic mass is 79.9. The van der Waals surface area contributed by atoms with Gasteiger partial charge in [-0.15, -0.1) is 0 Å². The summed E-state index contributed by atoms with van der Waals surface area (Å²) in [5.74, 6) is 0. The minimum absolute atomic E-state index is 0.0514. The number of aliphatic hydroxyl groups is 1. The van der Waals surface area contributed by atoms with Crippen LogP contribution in [0.25, 0.3) is 0 Å². The third-order valence-corrected chi connectivity index (χ3v) is 3.00. The molecule has 0 amide bonds. The third-order valence-electron chi connectivity index (χ3n) is 2.17. The van der Waals surface area contributed by atoms with Gasteiger partial charge in [-0.05, 0) is 37.1 Å². The van der Waals surface area contributed by atoms with Crippen LogP contribution in [0.5, 0.6) is 0 Å². The van der Waals surface area contributed by atoms with Crippen molar-refractivity contribution in [1.82, 2.24) is 0 Å². The van der Waals surface area contributed by atoms with E-state index in [4.69, 9.17) is 22.4 Å². The standard InChI is InChI=1S/C10H13BrClNO/c1-10(13,4-5-14)8-6-7(11)2-3-9(8)12/h2-3,6,14H,4-5,13H2,1H3. The zero-order chi connectivity index (χ0) is 10.8. The molecular weight excluding hydrogens is 265 g/mol. The molecule has 2 nitrogen and oxygen atoms in total. The highest BCUT2D eigenvalue weighted by molar-refractivity contribution is 9.10. The van der Waals surface area contributed by atoms with Crippen LogP contribution in [0.4, 0.5) is 0 Å². The summed E-state index contributed by atoms with van der Waals surface area (Å²) in [6.07, 6.45) is 0.489. The van der Waals surface area contributed by atoms with E-state index in [0.29, 0.717) is 11.4 Å². The topological polar surface area (TPSA) is 46.2 Å². The number of aliphatic hydroxyl groups excluding tert-OH is 1. The highest BCUT2D eigenvalue weighted by Crippen LogP contribution is 2.30. The van der Waals surface area contributed by atoms with E-state index in [-0.39, 0.29) is 6.61 Å². The highest BCUT2D eigenvalue weighted by Gasteiger charge is 2.23. The molecule has 0 fully saturated rings. The number of benzene rings is 1. The number of rotatable bonds is 3. The van der Waals surface area contributed by atoms with Crippen molar-refractivity contribution in [2.24, 2.45) is 5.73 Å². The SMILES string of the molecule is CC(N)(CCO)c1cc(Br)ccc1Cl. The van der Waals surface area contributed by atoms with Gasteiger partial charge in [-0.25, -0.2) is 0 Å². The van der Waals surface area contributed by atoms with E-state index < -0.39 is 5.54 Å². The lowest BCUT2D eigenvalue weighted by molar-refractivity contribution is 0.247. The van der Waals surface area contributed by atoms with Crippen LogP contribution in [0.15, 0.2) is 22.7 Å². The molecule has 0 aliphatic rings.